The number of hydrogen-bond donors (Lipinski definition) is 2. The number of amides is 3. The van der Waals surface area contributed by atoms with Crippen molar-refractivity contribution in [2.75, 3.05) is 7.05 Å². The molecule has 4 saturated carbocycles. The number of benzene rings is 1. The Kier molecular flexibility index (Phi) is 5.17. The van der Waals surface area contributed by atoms with Crippen molar-refractivity contribution in [3.63, 3.8) is 0 Å². The largest absolute Gasteiger partial charge is 0.332 e. The van der Waals surface area contributed by atoms with Crippen LogP contribution in [-0.2, 0) is 11.3 Å². The Balaban J connectivity index is 1.30. The molecule has 0 aliphatic heterocycles. The van der Waals surface area contributed by atoms with Crippen LogP contribution in [0.25, 0.3) is 0 Å². The van der Waals surface area contributed by atoms with Gasteiger partial charge < -0.3 is 5.32 Å². The SMILES string of the molecule is C[C@H](C(=O)NC(=O)NC12CC3CC(CC(C3)C1)C2)N(C)Cc1ccc(F)cc1. The van der Waals surface area contributed by atoms with Crippen molar-refractivity contribution in [1.29, 1.82) is 0 Å². The van der Waals surface area contributed by atoms with E-state index in [9.17, 15) is 14.0 Å². The van der Waals surface area contributed by atoms with E-state index in [1.165, 1.54) is 31.4 Å². The van der Waals surface area contributed by atoms with Gasteiger partial charge in [0.1, 0.15) is 5.82 Å². The molecule has 28 heavy (non-hydrogen) atoms. The van der Waals surface area contributed by atoms with E-state index in [0.29, 0.717) is 6.54 Å². The Bertz CT molecular complexity index is 713. The zero-order valence-corrected chi connectivity index (χ0v) is 16.7. The maximum atomic E-state index is 13.0. The van der Waals surface area contributed by atoms with Gasteiger partial charge in [0.2, 0.25) is 5.91 Å². The Hall–Kier alpha value is -1.95. The Morgan fingerprint density at radius 1 is 1.11 bits per heavy atom. The van der Waals surface area contributed by atoms with Gasteiger partial charge >= 0.3 is 6.03 Å². The van der Waals surface area contributed by atoms with E-state index >= 15 is 0 Å². The zero-order valence-electron chi connectivity index (χ0n) is 16.7. The molecule has 1 aromatic carbocycles. The molecule has 6 heteroatoms. The number of rotatable bonds is 5. The van der Waals surface area contributed by atoms with Gasteiger partial charge in [-0.25, -0.2) is 9.18 Å². The van der Waals surface area contributed by atoms with Crippen molar-refractivity contribution in [1.82, 2.24) is 15.5 Å². The van der Waals surface area contributed by atoms with Crippen LogP contribution in [0.3, 0.4) is 0 Å². The number of carbonyl (C=O) groups is 2. The van der Waals surface area contributed by atoms with Crippen LogP contribution in [0.2, 0.25) is 0 Å². The molecular formula is C22H30FN3O2. The number of likely N-dealkylation sites (N-methyl/N-ethyl adjacent to an activating group) is 1. The van der Waals surface area contributed by atoms with Gasteiger partial charge in [0.05, 0.1) is 6.04 Å². The second-order valence-electron chi connectivity index (χ2n) is 9.36. The van der Waals surface area contributed by atoms with Crippen LogP contribution in [0.1, 0.15) is 51.0 Å². The number of nitrogens with zero attached hydrogens (tertiary/aromatic N) is 1. The van der Waals surface area contributed by atoms with Gasteiger partial charge in [-0.1, -0.05) is 12.1 Å². The topological polar surface area (TPSA) is 61.4 Å². The lowest BCUT2D eigenvalue weighted by Crippen LogP contribution is -2.62. The van der Waals surface area contributed by atoms with Crippen molar-refractivity contribution in [2.45, 2.75) is 63.6 Å². The molecule has 0 radical (unpaired) electrons. The summed E-state index contributed by atoms with van der Waals surface area (Å²) in [6.45, 7) is 2.28. The van der Waals surface area contributed by atoms with Crippen molar-refractivity contribution in [3.8, 4) is 0 Å². The second kappa shape index (κ2) is 7.47. The average Bonchev–Trinajstić information content (AvgIpc) is 2.61. The number of nitrogens with one attached hydrogen (secondary N) is 2. The summed E-state index contributed by atoms with van der Waals surface area (Å²) in [7, 11) is 1.82. The molecule has 4 aliphatic carbocycles. The molecule has 5 nitrogen and oxygen atoms in total. The van der Waals surface area contributed by atoms with E-state index in [2.05, 4.69) is 10.6 Å². The lowest BCUT2D eigenvalue weighted by atomic mass is 9.53. The van der Waals surface area contributed by atoms with Crippen LogP contribution in [0.4, 0.5) is 9.18 Å². The molecule has 3 amide bonds. The standard InChI is InChI=1S/C22H30FN3O2/c1-14(26(2)13-15-3-5-19(23)6-4-15)20(27)24-21(28)25-22-10-16-7-17(11-22)9-18(8-16)12-22/h3-6,14,16-18H,7-13H2,1-2H3,(H2,24,25,27,28)/t14-,16?,17?,18?,22?/m1/s1. The Labute approximate surface area is 166 Å². The van der Waals surface area contributed by atoms with Crippen molar-refractivity contribution < 1.29 is 14.0 Å². The quantitative estimate of drug-likeness (QED) is 0.814. The first-order valence-corrected chi connectivity index (χ1v) is 10.4. The fraction of sp³-hybridized carbons (Fsp3) is 0.636. The molecule has 0 aromatic heterocycles. The summed E-state index contributed by atoms with van der Waals surface area (Å²) in [6.07, 6.45) is 7.11. The van der Waals surface area contributed by atoms with Gasteiger partial charge in [0, 0.05) is 12.1 Å². The summed E-state index contributed by atoms with van der Waals surface area (Å²) in [6, 6.07) is 5.40. The van der Waals surface area contributed by atoms with Gasteiger partial charge in [-0.2, -0.15) is 0 Å². The normalized spacial score (nSPS) is 31.6. The minimum atomic E-state index is -0.466. The molecule has 4 aliphatic rings. The second-order valence-corrected chi connectivity index (χ2v) is 9.36. The first-order chi connectivity index (χ1) is 13.3. The monoisotopic (exact) mass is 387 g/mol. The minimum absolute atomic E-state index is 0.109. The van der Waals surface area contributed by atoms with Gasteiger partial charge in [-0.15, -0.1) is 0 Å². The highest BCUT2D eigenvalue weighted by atomic mass is 19.1. The molecule has 0 spiro atoms. The molecule has 4 bridgehead atoms. The highest BCUT2D eigenvalue weighted by Gasteiger charge is 2.51. The van der Waals surface area contributed by atoms with E-state index in [0.717, 1.165) is 42.6 Å². The summed E-state index contributed by atoms with van der Waals surface area (Å²) in [5.41, 5.74) is 0.809. The fourth-order valence-corrected chi connectivity index (χ4v) is 5.97. The van der Waals surface area contributed by atoms with Crippen molar-refractivity contribution in [3.05, 3.63) is 35.6 Å². The summed E-state index contributed by atoms with van der Waals surface area (Å²) in [5.74, 6) is 1.62. The van der Waals surface area contributed by atoms with Crippen LogP contribution >= 0.6 is 0 Å². The molecule has 2 N–H and O–H groups in total. The lowest BCUT2D eigenvalue weighted by molar-refractivity contribution is -0.124. The highest BCUT2D eigenvalue weighted by Crippen LogP contribution is 2.55. The zero-order chi connectivity index (χ0) is 19.9. The number of carbonyl (C=O) groups excluding carboxylic acids is 2. The first-order valence-electron chi connectivity index (χ1n) is 10.4. The predicted molar refractivity (Wildman–Crippen MR) is 105 cm³/mol. The molecule has 4 fully saturated rings. The predicted octanol–water partition coefficient (Wildman–Crippen LogP) is 3.44. The molecule has 5 rings (SSSR count). The van der Waals surface area contributed by atoms with Gasteiger partial charge in [-0.05, 0) is 87.9 Å². The molecule has 1 atom stereocenters. The van der Waals surface area contributed by atoms with E-state index in [1.54, 1.807) is 19.1 Å². The number of hydrogen-bond acceptors (Lipinski definition) is 3. The van der Waals surface area contributed by atoms with Crippen LogP contribution < -0.4 is 10.6 Å². The molecular weight excluding hydrogens is 357 g/mol. The van der Waals surface area contributed by atoms with Crippen LogP contribution in [-0.4, -0.2) is 35.5 Å². The molecule has 0 unspecified atom stereocenters. The highest BCUT2D eigenvalue weighted by molar-refractivity contribution is 5.97. The fourth-order valence-electron chi connectivity index (χ4n) is 5.97. The smallest absolute Gasteiger partial charge is 0.321 e. The number of imide groups is 1. The summed E-state index contributed by atoms with van der Waals surface area (Å²) >= 11 is 0. The summed E-state index contributed by atoms with van der Waals surface area (Å²) in [5, 5.41) is 5.71. The molecule has 1 aromatic rings. The minimum Gasteiger partial charge on any atom is -0.332 e. The number of urea groups is 1. The third-order valence-electron chi connectivity index (χ3n) is 7.04. The van der Waals surface area contributed by atoms with Gasteiger partial charge in [0.25, 0.3) is 0 Å². The van der Waals surface area contributed by atoms with Crippen molar-refractivity contribution >= 4 is 11.9 Å². The molecule has 0 heterocycles. The van der Waals surface area contributed by atoms with Gasteiger partial charge in [-0.3, -0.25) is 15.0 Å². The Morgan fingerprint density at radius 2 is 1.64 bits per heavy atom. The molecule has 0 saturated heterocycles. The van der Waals surface area contributed by atoms with E-state index in [-0.39, 0.29) is 23.3 Å². The third kappa shape index (κ3) is 4.07. The van der Waals surface area contributed by atoms with Crippen LogP contribution in [0.5, 0.6) is 0 Å². The van der Waals surface area contributed by atoms with E-state index in [1.807, 2.05) is 11.9 Å². The van der Waals surface area contributed by atoms with E-state index in [4.69, 9.17) is 0 Å². The van der Waals surface area contributed by atoms with E-state index < -0.39 is 6.04 Å². The summed E-state index contributed by atoms with van der Waals surface area (Å²) < 4.78 is 13.0. The Morgan fingerprint density at radius 3 is 2.18 bits per heavy atom. The van der Waals surface area contributed by atoms with Crippen LogP contribution in [0.15, 0.2) is 24.3 Å². The average molecular weight is 387 g/mol. The number of halogens is 1. The van der Waals surface area contributed by atoms with Gasteiger partial charge in [0.15, 0.2) is 0 Å². The maximum Gasteiger partial charge on any atom is 0.321 e. The van der Waals surface area contributed by atoms with Crippen LogP contribution in [0, 0.1) is 23.6 Å². The maximum absolute atomic E-state index is 13.0. The van der Waals surface area contributed by atoms with Crippen molar-refractivity contribution in [2.24, 2.45) is 17.8 Å². The lowest BCUT2D eigenvalue weighted by Gasteiger charge is -2.56. The summed E-state index contributed by atoms with van der Waals surface area (Å²) in [4.78, 5) is 27.0. The molecule has 152 valence electrons. The first kappa shape index (κ1) is 19.4. The third-order valence-corrected chi connectivity index (χ3v) is 7.04.